The van der Waals surface area contributed by atoms with Crippen molar-refractivity contribution in [2.24, 2.45) is 11.8 Å². The van der Waals surface area contributed by atoms with E-state index >= 15 is 0 Å². The minimum absolute atomic E-state index is 0.767. The van der Waals surface area contributed by atoms with Gasteiger partial charge >= 0.3 is 0 Å². The van der Waals surface area contributed by atoms with Crippen molar-refractivity contribution < 1.29 is 0 Å². The highest BCUT2D eigenvalue weighted by Gasteiger charge is 2.32. The van der Waals surface area contributed by atoms with Crippen LogP contribution < -0.4 is 5.73 Å². The predicted molar refractivity (Wildman–Crippen MR) is 76.1 cm³/mol. The number of rotatable bonds is 1. The molecule has 1 aromatic carbocycles. The maximum absolute atomic E-state index is 6.09. The van der Waals surface area contributed by atoms with Gasteiger partial charge in [0, 0.05) is 24.8 Å². The molecular formula is C16H24N2. The molecular weight excluding hydrogens is 220 g/mol. The van der Waals surface area contributed by atoms with Crippen LogP contribution >= 0.6 is 0 Å². The average molecular weight is 244 g/mol. The monoisotopic (exact) mass is 244 g/mol. The van der Waals surface area contributed by atoms with Gasteiger partial charge in [-0.1, -0.05) is 26.0 Å². The van der Waals surface area contributed by atoms with E-state index in [2.05, 4.69) is 30.9 Å². The summed E-state index contributed by atoms with van der Waals surface area (Å²) < 4.78 is 0. The van der Waals surface area contributed by atoms with Crippen LogP contribution in [0.4, 0.5) is 5.69 Å². The molecule has 1 heterocycles. The standard InChI is InChI=1S/C16H24N2/c1-11-6-7-14(8-12(11)2)18-9-13-4-3-5-16(17)15(13)10-18/h3-5,11-12,14H,6-10,17H2,1-2H3. The fraction of sp³-hybridized carbons (Fsp3) is 0.625. The third-order valence-corrected chi connectivity index (χ3v) is 5.13. The first-order valence-electron chi connectivity index (χ1n) is 7.25. The highest BCUT2D eigenvalue weighted by atomic mass is 15.2. The second-order valence-electron chi connectivity index (χ2n) is 6.31. The van der Waals surface area contributed by atoms with Crippen LogP contribution in [0.5, 0.6) is 0 Å². The van der Waals surface area contributed by atoms with Gasteiger partial charge in [-0.05, 0) is 48.3 Å². The molecule has 2 aliphatic rings. The summed E-state index contributed by atoms with van der Waals surface area (Å²) in [6.45, 7) is 6.98. The highest BCUT2D eigenvalue weighted by Crippen LogP contribution is 2.36. The Labute approximate surface area is 110 Å². The van der Waals surface area contributed by atoms with Crippen molar-refractivity contribution in [3.8, 4) is 0 Å². The minimum Gasteiger partial charge on any atom is -0.398 e. The Morgan fingerprint density at radius 2 is 1.94 bits per heavy atom. The highest BCUT2D eigenvalue weighted by molar-refractivity contribution is 5.52. The summed E-state index contributed by atoms with van der Waals surface area (Å²) in [7, 11) is 0. The molecule has 1 saturated carbocycles. The number of benzene rings is 1. The van der Waals surface area contributed by atoms with E-state index in [1.54, 1.807) is 0 Å². The zero-order valence-electron chi connectivity index (χ0n) is 11.5. The van der Waals surface area contributed by atoms with E-state index in [-0.39, 0.29) is 0 Å². The largest absolute Gasteiger partial charge is 0.398 e. The average Bonchev–Trinajstić information content (AvgIpc) is 2.78. The second-order valence-corrected chi connectivity index (χ2v) is 6.31. The maximum Gasteiger partial charge on any atom is 0.0363 e. The van der Waals surface area contributed by atoms with Crippen LogP contribution in [0, 0.1) is 11.8 Å². The third-order valence-electron chi connectivity index (χ3n) is 5.13. The molecule has 1 aromatic rings. The van der Waals surface area contributed by atoms with E-state index in [1.165, 1.54) is 30.4 Å². The molecule has 2 nitrogen and oxygen atoms in total. The normalized spacial score (nSPS) is 32.4. The van der Waals surface area contributed by atoms with Crippen molar-refractivity contribution in [1.29, 1.82) is 0 Å². The molecule has 3 atom stereocenters. The van der Waals surface area contributed by atoms with Gasteiger partial charge in [-0.2, -0.15) is 0 Å². The van der Waals surface area contributed by atoms with Crippen molar-refractivity contribution in [2.45, 2.75) is 52.2 Å². The second kappa shape index (κ2) is 4.58. The van der Waals surface area contributed by atoms with E-state index in [0.717, 1.165) is 36.7 Å². The van der Waals surface area contributed by atoms with Gasteiger partial charge in [0.15, 0.2) is 0 Å². The Bertz CT molecular complexity index is 441. The molecule has 0 aromatic heterocycles. The molecule has 0 bridgehead atoms. The number of nitrogens with zero attached hydrogens (tertiary/aromatic N) is 1. The molecule has 18 heavy (non-hydrogen) atoms. The smallest absolute Gasteiger partial charge is 0.0363 e. The molecule has 0 saturated heterocycles. The Balaban J connectivity index is 1.73. The van der Waals surface area contributed by atoms with Crippen molar-refractivity contribution in [1.82, 2.24) is 4.90 Å². The number of hydrogen-bond acceptors (Lipinski definition) is 2. The van der Waals surface area contributed by atoms with Gasteiger partial charge in [-0.3, -0.25) is 4.90 Å². The Kier molecular flexibility index (Phi) is 3.06. The Morgan fingerprint density at radius 1 is 1.11 bits per heavy atom. The summed E-state index contributed by atoms with van der Waals surface area (Å²) in [5.74, 6) is 1.76. The molecule has 3 rings (SSSR count). The van der Waals surface area contributed by atoms with Gasteiger partial charge in [-0.25, -0.2) is 0 Å². The van der Waals surface area contributed by atoms with E-state index < -0.39 is 0 Å². The molecule has 0 spiro atoms. The van der Waals surface area contributed by atoms with Crippen LogP contribution in [-0.2, 0) is 13.1 Å². The van der Waals surface area contributed by atoms with Gasteiger partial charge in [-0.15, -0.1) is 0 Å². The van der Waals surface area contributed by atoms with E-state index in [9.17, 15) is 0 Å². The van der Waals surface area contributed by atoms with Gasteiger partial charge in [0.05, 0.1) is 0 Å². The van der Waals surface area contributed by atoms with E-state index in [1.807, 2.05) is 6.07 Å². The topological polar surface area (TPSA) is 29.3 Å². The quantitative estimate of drug-likeness (QED) is 0.767. The SMILES string of the molecule is CC1CCC(N2Cc3cccc(N)c3C2)CC1C. The molecule has 1 aliphatic carbocycles. The summed E-state index contributed by atoms with van der Waals surface area (Å²) in [5.41, 5.74) is 9.89. The van der Waals surface area contributed by atoms with Gasteiger partial charge < -0.3 is 5.73 Å². The van der Waals surface area contributed by atoms with Crippen molar-refractivity contribution in [3.63, 3.8) is 0 Å². The lowest BCUT2D eigenvalue weighted by Gasteiger charge is -2.37. The van der Waals surface area contributed by atoms with Gasteiger partial charge in [0.1, 0.15) is 0 Å². The lowest BCUT2D eigenvalue weighted by Crippen LogP contribution is -2.37. The fourth-order valence-corrected chi connectivity index (χ4v) is 3.58. The van der Waals surface area contributed by atoms with Crippen molar-refractivity contribution >= 4 is 5.69 Å². The number of anilines is 1. The number of hydrogen-bond donors (Lipinski definition) is 1. The number of fused-ring (bicyclic) bond motifs is 1. The molecule has 1 fully saturated rings. The Hall–Kier alpha value is -1.02. The predicted octanol–water partition coefficient (Wildman–Crippen LogP) is 3.41. The summed E-state index contributed by atoms with van der Waals surface area (Å²) in [4.78, 5) is 2.64. The summed E-state index contributed by atoms with van der Waals surface area (Å²) in [6, 6.07) is 7.13. The summed E-state index contributed by atoms with van der Waals surface area (Å²) in [6.07, 6.45) is 4.10. The lowest BCUT2D eigenvalue weighted by atomic mass is 9.78. The van der Waals surface area contributed by atoms with Crippen molar-refractivity contribution in [2.75, 3.05) is 5.73 Å². The third kappa shape index (κ3) is 2.03. The molecule has 0 radical (unpaired) electrons. The molecule has 98 valence electrons. The zero-order valence-corrected chi connectivity index (χ0v) is 11.5. The van der Waals surface area contributed by atoms with Crippen LogP contribution in [0.2, 0.25) is 0 Å². The van der Waals surface area contributed by atoms with E-state index in [4.69, 9.17) is 5.73 Å². The Morgan fingerprint density at radius 3 is 2.67 bits per heavy atom. The van der Waals surface area contributed by atoms with Gasteiger partial charge in [0.25, 0.3) is 0 Å². The lowest BCUT2D eigenvalue weighted by molar-refractivity contribution is 0.108. The molecule has 1 aliphatic heterocycles. The number of nitrogen functional groups attached to an aromatic ring is 1. The first kappa shape index (κ1) is 12.0. The fourth-order valence-electron chi connectivity index (χ4n) is 3.58. The summed E-state index contributed by atoms with van der Waals surface area (Å²) in [5, 5.41) is 0. The van der Waals surface area contributed by atoms with Crippen LogP contribution in [0.15, 0.2) is 18.2 Å². The van der Waals surface area contributed by atoms with Crippen molar-refractivity contribution in [3.05, 3.63) is 29.3 Å². The van der Waals surface area contributed by atoms with Crippen LogP contribution in [0.25, 0.3) is 0 Å². The molecule has 3 unspecified atom stereocenters. The first-order valence-corrected chi connectivity index (χ1v) is 7.25. The molecule has 2 heteroatoms. The first-order chi connectivity index (χ1) is 8.65. The van der Waals surface area contributed by atoms with Gasteiger partial charge in [0.2, 0.25) is 0 Å². The van der Waals surface area contributed by atoms with E-state index in [0.29, 0.717) is 0 Å². The molecule has 2 N–H and O–H groups in total. The van der Waals surface area contributed by atoms with Crippen LogP contribution in [-0.4, -0.2) is 10.9 Å². The van der Waals surface area contributed by atoms with Crippen LogP contribution in [0.3, 0.4) is 0 Å². The summed E-state index contributed by atoms with van der Waals surface area (Å²) >= 11 is 0. The maximum atomic E-state index is 6.09. The number of nitrogens with two attached hydrogens (primary N) is 1. The molecule has 0 amide bonds. The van der Waals surface area contributed by atoms with Crippen LogP contribution in [0.1, 0.15) is 44.2 Å². The zero-order chi connectivity index (χ0) is 12.7. The minimum atomic E-state index is 0.767.